The SMILES string of the molecule is CN(CCO)C(=O)c1cnn(-c2ccccc2)n1. The van der Waals surface area contributed by atoms with Crippen molar-refractivity contribution in [3.63, 3.8) is 0 Å². The number of carbonyl (C=O) groups excluding carboxylic acids is 1. The lowest BCUT2D eigenvalue weighted by Crippen LogP contribution is -2.29. The Morgan fingerprint density at radius 3 is 2.78 bits per heavy atom. The summed E-state index contributed by atoms with van der Waals surface area (Å²) in [6, 6.07) is 9.35. The zero-order valence-electron chi connectivity index (χ0n) is 10.0. The fourth-order valence-electron chi connectivity index (χ4n) is 1.49. The first-order valence-corrected chi connectivity index (χ1v) is 5.56. The van der Waals surface area contributed by atoms with E-state index in [1.165, 1.54) is 15.9 Å². The van der Waals surface area contributed by atoms with E-state index in [-0.39, 0.29) is 24.8 Å². The van der Waals surface area contributed by atoms with Crippen molar-refractivity contribution in [1.82, 2.24) is 19.9 Å². The fourth-order valence-corrected chi connectivity index (χ4v) is 1.49. The summed E-state index contributed by atoms with van der Waals surface area (Å²) in [5.74, 6) is -0.258. The molecule has 0 saturated carbocycles. The van der Waals surface area contributed by atoms with Crippen LogP contribution < -0.4 is 0 Å². The van der Waals surface area contributed by atoms with E-state index in [1.54, 1.807) is 7.05 Å². The number of aliphatic hydroxyl groups is 1. The molecule has 1 aromatic heterocycles. The average molecular weight is 246 g/mol. The Balaban J connectivity index is 2.18. The normalized spacial score (nSPS) is 10.3. The number of hydrogen-bond acceptors (Lipinski definition) is 4. The maximum atomic E-state index is 11.9. The molecule has 0 unspecified atom stereocenters. The summed E-state index contributed by atoms with van der Waals surface area (Å²) >= 11 is 0. The first-order chi connectivity index (χ1) is 8.72. The highest BCUT2D eigenvalue weighted by Crippen LogP contribution is 2.05. The van der Waals surface area contributed by atoms with Crippen LogP contribution in [0.15, 0.2) is 36.5 Å². The Kier molecular flexibility index (Phi) is 3.69. The van der Waals surface area contributed by atoms with E-state index in [9.17, 15) is 4.79 Å². The van der Waals surface area contributed by atoms with E-state index in [2.05, 4.69) is 10.2 Å². The van der Waals surface area contributed by atoms with Crippen LogP contribution in [0.1, 0.15) is 10.5 Å². The van der Waals surface area contributed by atoms with Crippen molar-refractivity contribution < 1.29 is 9.90 Å². The summed E-state index contributed by atoms with van der Waals surface area (Å²) in [7, 11) is 1.61. The maximum absolute atomic E-state index is 11.9. The molecule has 0 spiro atoms. The van der Waals surface area contributed by atoms with Gasteiger partial charge in [-0.05, 0) is 12.1 Å². The smallest absolute Gasteiger partial charge is 0.275 e. The maximum Gasteiger partial charge on any atom is 0.275 e. The predicted octanol–water partition coefficient (Wildman–Crippen LogP) is 0.332. The lowest BCUT2D eigenvalue weighted by molar-refractivity contribution is 0.0760. The molecule has 6 nitrogen and oxygen atoms in total. The third-order valence-electron chi connectivity index (χ3n) is 2.48. The van der Waals surface area contributed by atoms with Gasteiger partial charge < -0.3 is 10.0 Å². The van der Waals surface area contributed by atoms with Gasteiger partial charge in [-0.2, -0.15) is 9.90 Å². The number of carbonyl (C=O) groups is 1. The van der Waals surface area contributed by atoms with Gasteiger partial charge in [0, 0.05) is 13.6 Å². The molecular weight excluding hydrogens is 232 g/mol. The van der Waals surface area contributed by atoms with E-state index in [0.717, 1.165) is 5.69 Å². The second kappa shape index (κ2) is 5.42. The highest BCUT2D eigenvalue weighted by atomic mass is 16.3. The minimum atomic E-state index is -0.258. The van der Waals surface area contributed by atoms with E-state index in [4.69, 9.17) is 5.11 Å². The van der Waals surface area contributed by atoms with Gasteiger partial charge >= 0.3 is 0 Å². The second-order valence-corrected chi connectivity index (χ2v) is 3.81. The lowest BCUT2D eigenvalue weighted by Gasteiger charge is -2.13. The van der Waals surface area contributed by atoms with E-state index in [0.29, 0.717) is 0 Å². The number of hydrogen-bond donors (Lipinski definition) is 1. The van der Waals surface area contributed by atoms with E-state index < -0.39 is 0 Å². The van der Waals surface area contributed by atoms with Gasteiger partial charge in [-0.15, -0.1) is 5.10 Å². The number of amides is 1. The predicted molar refractivity (Wildman–Crippen MR) is 65.4 cm³/mol. The minimum absolute atomic E-state index is 0.0743. The van der Waals surface area contributed by atoms with Crippen LogP contribution in [-0.2, 0) is 0 Å². The molecule has 94 valence electrons. The van der Waals surface area contributed by atoms with Crippen LogP contribution in [0, 0.1) is 0 Å². The van der Waals surface area contributed by atoms with Crippen molar-refractivity contribution in [2.24, 2.45) is 0 Å². The largest absolute Gasteiger partial charge is 0.395 e. The molecule has 18 heavy (non-hydrogen) atoms. The van der Waals surface area contributed by atoms with Crippen LogP contribution in [0.5, 0.6) is 0 Å². The molecule has 1 aromatic carbocycles. The third kappa shape index (κ3) is 2.54. The fraction of sp³-hybridized carbons (Fsp3) is 0.250. The molecule has 6 heteroatoms. The number of aromatic nitrogens is 3. The Labute approximate surface area is 104 Å². The summed E-state index contributed by atoms with van der Waals surface area (Å²) in [6.07, 6.45) is 1.42. The third-order valence-corrected chi connectivity index (χ3v) is 2.48. The van der Waals surface area contributed by atoms with E-state index in [1.807, 2.05) is 30.3 Å². The molecule has 0 atom stereocenters. The molecule has 0 aliphatic rings. The summed E-state index contributed by atoms with van der Waals surface area (Å²) in [5, 5.41) is 16.9. The standard InChI is InChI=1S/C12H14N4O2/c1-15(7-8-17)12(18)11-9-13-16(14-11)10-5-3-2-4-6-10/h2-6,9,17H,7-8H2,1H3. The van der Waals surface area contributed by atoms with Crippen LogP contribution in [0.25, 0.3) is 5.69 Å². The van der Waals surface area contributed by atoms with Gasteiger partial charge in [0.2, 0.25) is 0 Å². The van der Waals surface area contributed by atoms with Gasteiger partial charge in [0.25, 0.3) is 5.91 Å². The number of aliphatic hydroxyl groups excluding tert-OH is 1. The molecule has 0 saturated heterocycles. The van der Waals surface area contributed by atoms with Gasteiger partial charge in [0.15, 0.2) is 5.69 Å². The second-order valence-electron chi connectivity index (χ2n) is 3.81. The minimum Gasteiger partial charge on any atom is -0.395 e. The summed E-state index contributed by atoms with van der Waals surface area (Å²) in [4.78, 5) is 14.7. The molecule has 0 aliphatic heterocycles. The number of likely N-dealkylation sites (N-methyl/N-ethyl adjacent to an activating group) is 1. The van der Waals surface area contributed by atoms with Gasteiger partial charge in [-0.3, -0.25) is 4.79 Å². The van der Waals surface area contributed by atoms with Crippen LogP contribution in [0.4, 0.5) is 0 Å². The van der Waals surface area contributed by atoms with Crippen molar-refractivity contribution in [3.05, 3.63) is 42.2 Å². The molecule has 0 radical (unpaired) electrons. The number of nitrogens with zero attached hydrogens (tertiary/aromatic N) is 4. The highest BCUT2D eigenvalue weighted by molar-refractivity contribution is 5.91. The molecule has 1 amide bonds. The highest BCUT2D eigenvalue weighted by Gasteiger charge is 2.15. The first kappa shape index (κ1) is 12.3. The summed E-state index contributed by atoms with van der Waals surface area (Å²) in [6.45, 7) is 0.200. The molecule has 2 aromatic rings. The lowest BCUT2D eigenvalue weighted by atomic mass is 10.3. The van der Waals surface area contributed by atoms with Gasteiger partial charge in [0.1, 0.15) is 0 Å². The molecule has 1 heterocycles. The Morgan fingerprint density at radius 1 is 1.39 bits per heavy atom. The van der Waals surface area contributed by atoms with Crippen LogP contribution in [0.2, 0.25) is 0 Å². The van der Waals surface area contributed by atoms with Gasteiger partial charge in [-0.25, -0.2) is 0 Å². The zero-order chi connectivity index (χ0) is 13.0. The Morgan fingerprint density at radius 2 is 2.11 bits per heavy atom. The zero-order valence-corrected chi connectivity index (χ0v) is 10.0. The topological polar surface area (TPSA) is 71.2 Å². The molecule has 0 aliphatic carbocycles. The van der Waals surface area contributed by atoms with Crippen LogP contribution >= 0.6 is 0 Å². The van der Waals surface area contributed by atoms with E-state index >= 15 is 0 Å². The van der Waals surface area contributed by atoms with Crippen molar-refractivity contribution in [3.8, 4) is 5.69 Å². The molecule has 0 fully saturated rings. The Bertz CT molecular complexity index is 524. The first-order valence-electron chi connectivity index (χ1n) is 5.56. The molecular formula is C12H14N4O2. The van der Waals surface area contributed by atoms with Crippen LogP contribution in [-0.4, -0.2) is 51.1 Å². The van der Waals surface area contributed by atoms with Gasteiger partial charge in [0.05, 0.1) is 18.5 Å². The molecule has 2 rings (SSSR count). The van der Waals surface area contributed by atoms with Crippen molar-refractivity contribution in [2.45, 2.75) is 0 Å². The molecule has 1 N–H and O–H groups in total. The Hall–Kier alpha value is -2.21. The van der Waals surface area contributed by atoms with Crippen molar-refractivity contribution in [2.75, 3.05) is 20.2 Å². The van der Waals surface area contributed by atoms with Crippen LogP contribution in [0.3, 0.4) is 0 Å². The monoisotopic (exact) mass is 246 g/mol. The summed E-state index contributed by atoms with van der Waals surface area (Å²) in [5.41, 5.74) is 1.05. The number of para-hydroxylation sites is 1. The van der Waals surface area contributed by atoms with Crippen molar-refractivity contribution in [1.29, 1.82) is 0 Å². The van der Waals surface area contributed by atoms with Gasteiger partial charge in [-0.1, -0.05) is 18.2 Å². The molecule has 0 bridgehead atoms. The van der Waals surface area contributed by atoms with Crippen molar-refractivity contribution >= 4 is 5.91 Å². The quantitative estimate of drug-likeness (QED) is 0.844. The summed E-state index contributed by atoms with van der Waals surface area (Å²) < 4.78 is 0. The number of rotatable bonds is 4. The number of benzene rings is 1. The average Bonchev–Trinajstić information content (AvgIpc) is 2.89.